The molecular weight excluding hydrogens is 472 g/mol. The molecular formula is C21H34N2O8S2. The van der Waals surface area contributed by atoms with Crippen LogP contribution in [0.4, 0.5) is 0 Å². The Bertz CT molecular complexity index is 1040. The van der Waals surface area contributed by atoms with Crippen LogP contribution in [-0.4, -0.2) is 82.6 Å². The van der Waals surface area contributed by atoms with Crippen molar-refractivity contribution < 1.29 is 36.2 Å². The lowest BCUT2D eigenvalue weighted by Crippen LogP contribution is -2.50. The van der Waals surface area contributed by atoms with Gasteiger partial charge in [-0.25, -0.2) is 16.8 Å². The van der Waals surface area contributed by atoms with Crippen LogP contribution in [0.5, 0.6) is 11.5 Å². The summed E-state index contributed by atoms with van der Waals surface area (Å²) < 4.78 is 61.7. The number of benzene rings is 1. The van der Waals surface area contributed by atoms with Gasteiger partial charge in [-0.05, 0) is 25.0 Å². The highest BCUT2D eigenvalue weighted by Crippen LogP contribution is 2.33. The van der Waals surface area contributed by atoms with Crippen molar-refractivity contribution >= 4 is 25.8 Å². The second-order valence-corrected chi connectivity index (χ2v) is 13.0. The third-order valence-corrected chi connectivity index (χ3v) is 7.99. The molecule has 0 saturated heterocycles. The van der Waals surface area contributed by atoms with Gasteiger partial charge in [0.2, 0.25) is 15.9 Å². The minimum Gasteiger partial charge on any atom is -0.486 e. The first-order valence-corrected chi connectivity index (χ1v) is 14.3. The molecule has 0 fully saturated rings. The van der Waals surface area contributed by atoms with E-state index in [1.54, 1.807) is 6.92 Å². The molecule has 0 saturated carbocycles. The largest absolute Gasteiger partial charge is 0.486 e. The normalized spacial score (nSPS) is 17.0. The number of sulfonamides is 1. The Morgan fingerprint density at radius 1 is 1.06 bits per heavy atom. The lowest BCUT2D eigenvalue weighted by Gasteiger charge is -2.30. The highest BCUT2D eigenvalue weighted by Gasteiger charge is 2.31. The van der Waals surface area contributed by atoms with Gasteiger partial charge in [0.05, 0.1) is 22.8 Å². The maximum absolute atomic E-state index is 13.4. The smallest absolute Gasteiger partial charge is 0.243 e. The summed E-state index contributed by atoms with van der Waals surface area (Å²) in [6, 6.07) is 3.57. The third-order valence-electron chi connectivity index (χ3n) is 5.06. The number of amides is 1. The SMILES string of the molecule is CC(C)CN(C[C@@H](O)[C@H](C)NC(=O)[C@H](C)CS(C)(=O)=O)S(=O)(=O)c1ccc2c(c1)OCCO2. The second kappa shape index (κ2) is 11.0. The summed E-state index contributed by atoms with van der Waals surface area (Å²) >= 11 is 0. The molecule has 10 nitrogen and oxygen atoms in total. The number of sulfone groups is 1. The lowest BCUT2D eigenvalue weighted by molar-refractivity contribution is -0.125. The molecule has 0 radical (unpaired) electrons. The number of ether oxygens (including phenoxy) is 2. The standard InChI is InChI=1S/C21H34N2O8S2/c1-14(2)11-23(12-18(24)16(4)22-21(25)15(3)13-32(5,26)27)33(28,29)17-6-7-19-20(10-17)31-9-8-30-19/h6-7,10,14-16,18,24H,8-9,11-13H2,1-5H3,(H,22,25)/t15-,16+,18-/m1/s1. The highest BCUT2D eigenvalue weighted by molar-refractivity contribution is 7.90. The maximum Gasteiger partial charge on any atom is 0.243 e. The zero-order valence-electron chi connectivity index (χ0n) is 19.6. The van der Waals surface area contributed by atoms with Gasteiger partial charge in [-0.2, -0.15) is 4.31 Å². The number of carbonyl (C=O) groups is 1. The predicted molar refractivity (Wildman–Crippen MR) is 124 cm³/mol. The van der Waals surface area contributed by atoms with Crippen LogP contribution in [0.25, 0.3) is 0 Å². The fraction of sp³-hybridized carbons (Fsp3) is 0.667. The van der Waals surface area contributed by atoms with Crippen LogP contribution >= 0.6 is 0 Å². The summed E-state index contributed by atoms with van der Waals surface area (Å²) in [6.45, 7) is 7.34. The Kier molecular flexibility index (Phi) is 9.14. The monoisotopic (exact) mass is 506 g/mol. The molecule has 0 aromatic heterocycles. The molecule has 188 valence electrons. The van der Waals surface area contributed by atoms with Crippen LogP contribution in [0.15, 0.2) is 23.1 Å². The van der Waals surface area contributed by atoms with E-state index in [4.69, 9.17) is 9.47 Å². The van der Waals surface area contributed by atoms with Crippen molar-refractivity contribution in [2.75, 3.05) is 38.3 Å². The number of rotatable bonds is 11. The van der Waals surface area contributed by atoms with E-state index >= 15 is 0 Å². The van der Waals surface area contributed by atoms with Crippen LogP contribution < -0.4 is 14.8 Å². The van der Waals surface area contributed by atoms with Gasteiger partial charge < -0.3 is 19.9 Å². The van der Waals surface area contributed by atoms with Crippen LogP contribution in [0.2, 0.25) is 0 Å². The van der Waals surface area contributed by atoms with Crippen molar-refractivity contribution in [1.29, 1.82) is 0 Å². The Labute approximate surface area is 196 Å². The molecule has 1 aliphatic heterocycles. The number of carbonyl (C=O) groups excluding carboxylic acids is 1. The van der Waals surface area contributed by atoms with Gasteiger partial charge in [0.15, 0.2) is 11.5 Å². The third kappa shape index (κ3) is 7.83. The van der Waals surface area contributed by atoms with Crippen molar-refractivity contribution in [2.45, 2.75) is 44.7 Å². The molecule has 1 aromatic rings. The Hall–Kier alpha value is -1.89. The average molecular weight is 507 g/mol. The molecule has 1 aromatic carbocycles. The maximum atomic E-state index is 13.4. The molecule has 0 bridgehead atoms. The second-order valence-electron chi connectivity index (χ2n) is 8.88. The molecule has 1 amide bonds. The van der Waals surface area contributed by atoms with E-state index < -0.39 is 43.8 Å². The highest BCUT2D eigenvalue weighted by atomic mass is 32.2. The quantitative estimate of drug-likeness (QED) is 0.446. The summed E-state index contributed by atoms with van der Waals surface area (Å²) in [7, 11) is -7.32. The first kappa shape index (κ1) is 27.4. The number of hydrogen-bond acceptors (Lipinski definition) is 8. The number of hydrogen-bond donors (Lipinski definition) is 2. The summed E-state index contributed by atoms with van der Waals surface area (Å²) in [5.74, 6) is -0.869. The number of nitrogens with zero attached hydrogens (tertiary/aromatic N) is 1. The van der Waals surface area contributed by atoms with Crippen molar-refractivity contribution in [1.82, 2.24) is 9.62 Å². The number of fused-ring (bicyclic) bond motifs is 1. The van der Waals surface area contributed by atoms with Gasteiger partial charge >= 0.3 is 0 Å². The zero-order valence-corrected chi connectivity index (χ0v) is 21.3. The lowest BCUT2D eigenvalue weighted by atomic mass is 10.1. The number of nitrogens with one attached hydrogen (secondary N) is 1. The van der Waals surface area contributed by atoms with Gasteiger partial charge in [0, 0.05) is 31.3 Å². The number of aliphatic hydroxyl groups is 1. The molecule has 0 aliphatic carbocycles. The van der Waals surface area contributed by atoms with Gasteiger partial charge in [-0.3, -0.25) is 4.79 Å². The minimum absolute atomic E-state index is 0.0121. The topological polar surface area (TPSA) is 139 Å². The molecule has 0 spiro atoms. The Morgan fingerprint density at radius 2 is 1.67 bits per heavy atom. The van der Waals surface area contributed by atoms with Gasteiger partial charge in [-0.1, -0.05) is 20.8 Å². The predicted octanol–water partition coefficient (Wildman–Crippen LogP) is 0.651. The van der Waals surface area contributed by atoms with Gasteiger partial charge in [-0.15, -0.1) is 0 Å². The van der Waals surface area contributed by atoms with Crippen molar-refractivity contribution in [3.63, 3.8) is 0 Å². The van der Waals surface area contributed by atoms with Gasteiger partial charge in [0.25, 0.3) is 0 Å². The van der Waals surface area contributed by atoms with Crippen LogP contribution in [0.3, 0.4) is 0 Å². The molecule has 2 N–H and O–H groups in total. The first-order chi connectivity index (χ1) is 15.2. The molecule has 0 unspecified atom stereocenters. The summed E-state index contributed by atoms with van der Waals surface area (Å²) in [5.41, 5.74) is 0. The fourth-order valence-corrected chi connectivity index (χ4v) is 6.07. The van der Waals surface area contributed by atoms with Crippen LogP contribution in [-0.2, 0) is 24.7 Å². The molecule has 2 rings (SSSR count). The molecule has 12 heteroatoms. The van der Waals surface area contributed by atoms with Crippen molar-refractivity contribution in [3.05, 3.63) is 18.2 Å². The summed E-state index contributed by atoms with van der Waals surface area (Å²) in [5, 5.41) is 13.3. The molecule has 1 aliphatic rings. The van der Waals surface area contributed by atoms with E-state index in [9.17, 15) is 26.7 Å². The van der Waals surface area contributed by atoms with E-state index in [-0.39, 0.29) is 29.7 Å². The molecule has 3 atom stereocenters. The van der Waals surface area contributed by atoms with Crippen LogP contribution in [0, 0.1) is 11.8 Å². The minimum atomic E-state index is -3.98. The fourth-order valence-electron chi connectivity index (χ4n) is 3.37. The molecule has 33 heavy (non-hydrogen) atoms. The summed E-state index contributed by atoms with van der Waals surface area (Å²) in [6.07, 6.45) is -0.174. The van der Waals surface area contributed by atoms with E-state index in [0.29, 0.717) is 24.7 Å². The Balaban J connectivity index is 2.16. The van der Waals surface area contributed by atoms with E-state index in [2.05, 4.69) is 5.32 Å². The summed E-state index contributed by atoms with van der Waals surface area (Å²) in [4.78, 5) is 12.3. The van der Waals surface area contributed by atoms with E-state index in [1.165, 1.54) is 29.4 Å². The van der Waals surface area contributed by atoms with Gasteiger partial charge in [0.1, 0.15) is 23.1 Å². The van der Waals surface area contributed by atoms with Crippen LogP contribution in [0.1, 0.15) is 27.7 Å². The molecule has 1 heterocycles. The average Bonchev–Trinajstić information content (AvgIpc) is 2.71. The number of aliphatic hydroxyl groups excluding tert-OH is 1. The van der Waals surface area contributed by atoms with Crippen molar-refractivity contribution in [3.8, 4) is 11.5 Å². The zero-order chi connectivity index (χ0) is 25.0. The Morgan fingerprint density at radius 3 is 2.24 bits per heavy atom. The van der Waals surface area contributed by atoms with Crippen molar-refractivity contribution in [2.24, 2.45) is 11.8 Å². The van der Waals surface area contributed by atoms with E-state index in [0.717, 1.165) is 6.26 Å². The van der Waals surface area contributed by atoms with E-state index in [1.807, 2.05) is 13.8 Å². The first-order valence-electron chi connectivity index (χ1n) is 10.8.